The third-order valence-electron chi connectivity index (χ3n) is 7.09. The van der Waals surface area contributed by atoms with Gasteiger partial charge in [0.2, 0.25) is 0 Å². The molecule has 0 amide bonds. The second kappa shape index (κ2) is 15.6. The Morgan fingerprint density at radius 1 is 0.853 bits per heavy atom. The molecule has 1 aliphatic rings. The minimum absolute atomic E-state index is 0.134. The molecule has 1 aromatic carbocycles. The number of nitrogens with zero attached hydrogens (tertiary/aromatic N) is 2. The van der Waals surface area contributed by atoms with Crippen LogP contribution < -0.4 is 4.74 Å². The van der Waals surface area contributed by atoms with Gasteiger partial charge in [-0.2, -0.15) is 0 Å². The number of carbonyl (C=O) groups is 1. The van der Waals surface area contributed by atoms with Crippen LogP contribution in [-0.2, 0) is 11.2 Å². The highest BCUT2D eigenvalue weighted by atomic mass is 16.5. The summed E-state index contributed by atoms with van der Waals surface area (Å²) in [6, 6.07) is 7.54. The van der Waals surface area contributed by atoms with Crippen molar-refractivity contribution in [1.29, 1.82) is 0 Å². The number of aryl methyl sites for hydroxylation is 1. The van der Waals surface area contributed by atoms with Crippen molar-refractivity contribution in [2.24, 2.45) is 5.92 Å². The van der Waals surface area contributed by atoms with Crippen LogP contribution in [0.25, 0.3) is 11.4 Å². The maximum absolute atomic E-state index is 12.2. The van der Waals surface area contributed by atoms with Gasteiger partial charge < -0.3 is 4.74 Å². The molecular weight excluding hydrogens is 420 g/mol. The van der Waals surface area contributed by atoms with E-state index in [4.69, 9.17) is 4.74 Å². The first-order chi connectivity index (χ1) is 16.7. The molecule has 0 bridgehead atoms. The third kappa shape index (κ3) is 9.95. The van der Waals surface area contributed by atoms with Crippen molar-refractivity contribution in [3.05, 3.63) is 42.2 Å². The van der Waals surface area contributed by atoms with E-state index in [1.165, 1.54) is 89.0 Å². The molecule has 0 saturated heterocycles. The smallest absolute Gasteiger partial charge is 0.311 e. The molecule has 1 fully saturated rings. The molecule has 3 rings (SSSR count). The molecule has 4 heteroatoms. The lowest BCUT2D eigenvalue weighted by Crippen LogP contribution is -2.10. The molecule has 0 aliphatic heterocycles. The van der Waals surface area contributed by atoms with Gasteiger partial charge in [0.1, 0.15) is 5.75 Å². The van der Waals surface area contributed by atoms with Crippen molar-refractivity contribution in [2.75, 3.05) is 0 Å². The number of hydrogen-bond acceptors (Lipinski definition) is 4. The second-order valence-electron chi connectivity index (χ2n) is 10.0. The van der Waals surface area contributed by atoms with Crippen LogP contribution in [0.5, 0.6) is 5.75 Å². The number of benzene rings is 1. The molecule has 0 unspecified atom stereocenters. The van der Waals surface area contributed by atoms with Crippen LogP contribution in [0.2, 0.25) is 0 Å². The van der Waals surface area contributed by atoms with E-state index in [1.807, 2.05) is 36.7 Å². The zero-order chi connectivity index (χ0) is 23.8. The Bertz CT molecular complexity index is 811. The van der Waals surface area contributed by atoms with Crippen LogP contribution in [0.15, 0.2) is 36.7 Å². The van der Waals surface area contributed by atoms with Gasteiger partial charge >= 0.3 is 5.97 Å². The molecule has 0 atom stereocenters. The Kier molecular flexibility index (Phi) is 12.1. The van der Waals surface area contributed by atoms with Crippen molar-refractivity contribution in [3.63, 3.8) is 0 Å². The van der Waals surface area contributed by atoms with Crippen molar-refractivity contribution >= 4 is 5.97 Å². The number of aromatic nitrogens is 2. The lowest BCUT2D eigenvalue weighted by molar-refractivity contribution is -0.134. The molecule has 1 aromatic heterocycles. The van der Waals surface area contributed by atoms with Crippen LogP contribution in [0.4, 0.5) is 0 Å². The van der Waals surface area contributed by atoms with E-state index in [-0.39, 0.29) is 5.97 Å². The van der Waals surface area contributed by atoms with E-state index in [0.717, 1.165) is 30.7 Å². The highest BCUT2D eigenvalue weighted by Crippen LogP contribution is 2.28. The number of unbranched alkanes of at least 4 members (excludes halogenated alkanes) is 7. The lowest BCUT2D eigenvalue weighted by Gasteiger charge is -2.20. The van der Waals surface area contributed by atoms with Gasteiger partial charge in [-0.1, -0.05) is 84.0 Å². The SMILES string of the molecule is CCCCCCCCCCc1cnc(-c2ccc(OC(=O)CCCC3CCCCC3)cc2)nc1. The number of carbonyl (C=O) groups excluding carboxylic acids is 1. The molecule has 1 aliphatic carbocycles. The average molecular weight is 465 g/mol. The maximum atomic E-state index is 12.2. The van der Waals surface area contributed by atoms with Gasteiger partial charge in [-0.25, -0.2) is 9.97 Å². The lowest BCUT2D eigenvalue weighted by atomic mass is 9.86. The van der Waals surface area contributed by atoms with Crippen molar-refractivity contribution in [2.45, 2.75) is 116 Å². The first-order valence-corrected chi connectivity index (χ1v) is 13.9. The van der Waals surface area contributed by atoms with E-state index >= 15 is 0 Å². The Balaban J connectivity index is 1.34. The third-order valence-corrected chi connectivity index (χ3v) is 7.09. The summed E-state index contributed by atoms with van der Waals surface area (Å²) in [7, 11) is 0. The highest BCUT2D eigenvalue weighted by Gasteiger charge is 2.14. The minimum atomic E-state index is -0.134. The predicted octanol–water partition coefficient (Wildman–Crippen LogP) is 8.48. The average Bonchev–Trinajstić information content (AvgIpc) is 2.87. The van der Waals surface area contributed by atoms with Gasteiger partial charge in [0.15, 0.2) is 5.82 Å². The Morgan fingerprint density at radius 2 is 1.50 bits per heavy atom. The summed E-state index contributed by atoms with van der Waals surface area (Å²) in [6.07, 6.45) is 24.9. The fraction of sp³-hybridized carbons (Fsp3) is 0.633. The monoisotopic (exact) mass is 464 g/mol. The van der Waals surface area contributed by atoms with E-state index in [2.05, 4.69) is 16.9 Å². The standard InChI is InChI=1S/C30H44N2O2/c1-2-3-4-5-6-7-8-10-16-26-23-31-30(32-24-26)27-19-21-28(22-20-27)34-29(33)18-13-17-25-14-11-9-12-15-25/h19-25H,2-18H2,1H3. The normalized spacial score (nSPS) is 14.3. The maximum Gasteiger partial charge on any atom is 0.311 e. The van der Waals surface area contributed by atoms with Gasteiger partial charge in [0.25, 0.3) is 0 Å². The number of ether oxygens (including phenoxy) is 1. The number of rotatable bonds is 15. The predicted molar refractivity (Wildman–Crippen MR) is 140 cm³/mol. The van der Waals surface area contributed by atoms with Gasteiger partial charge in [0, 0.05) is 24.4 Å². The molecule has 2 aromatic rings. The number of esters is 1. The van der Waals surface area contributed by atoms with E-state index in [9.17, 15) is 4.79 Å². The van der Waals surface area contributed by atoms with Crippen LogP contribution >= 0.6 is 0 Å². The summed E-state index contributed by atoms with van der Waals surface area (Å²) < 4.78 is 5.53. The van der Waals surface area contributed by atoms with Crippen molar-refractivity contribution in [1.82, 2.24) is 9.97 Å². The summed E-state index contributed by atoms with van der Waals surface area (Å²) in [5, 5.41) is 0. The molecule has 0 spiro atoms. The molecular formula is C30H44N2O2. The summed E-state index contributed by atoms with van der Waals surface area (Å²) in [5.74, 6) is 1.99. The molecule has 186 valence electrons. The van der Waals surface area contributed by atoms with Gasteiger partial charge in [-0.05, 0) is 61.4 Å². The second-order valence-corrected chi connectivity index (χ2v) is 10.0. The highest BCUT2D eigenvalue weighted by molar-refractivity contribution is 5.72. The van der Waals surface area contributed by atoms with Gasteiger partial charge in [-0.3, -0.25) is 4.79 Å². The Hall–Kier alpha value is -2.23. The first-order valence-electron chi connectivity index (χ1n) is 13.9. The fourth-order valence-electron chi connectivity index (χ4n) is 4.96. The number of hydrogen-bond donors (Lipinski definition) is 0. The molecule has 0 radical (unpaired) electrons. The van der Waals surface area contributed by atoms with Crippen molar-refractivity contribution in [3.8, 4) is 17.1 Å². The Morgan fingerprint density at radius 3 is 2.18 bits per heavy atom. The van der Waals surface area contributed by atoms with Crippen LogP contribution in [0.3, 0.4) is 0 Å². The Labute approximate surface area is 206 Å². The molecule has 0 N–H and O–H groups in total. The largest absolute Gasteiger partial charge is 0.427 e. The zero-order valence-electron chi connectivity index (χ0n) is 21.3. The quantitative estimate of drug-likeness (QED) is 0.151. The van der Waals surface area contributed by atoms with Crippen molar-refractivity contribution < 1.29 is 9.53 Å². The topological polar surface area (TPSA) is 52.1 Å². The van der Waals surface area contributed by atoms with Crippen LogP contribution in [0, 0.1) is 5.92 Å². The van der Waals surface area contributed by atoms with Crippen LogP contribution in [0.1, 0.15) is 115 Å². The summed E-state index contributed by atoms with van der Waals surface area (Å²) in [5.41, 5.74) is 2.14. The first kappa shape index (κ1) is 26.4. The minimum Gasteiger partial charge on any atom is -0.427 e. The van der Waals surface area contributed by atoms with Crippen LogP contribution in [-0.4, -0.2) is 15.9 Å². The zero-order valence-corrected chi connectivity index (χ0v) is 21.3. The molecule has 1 heterocycles. The van der Waals surface area contributed by atoms with E-state index < -0.39 is 0 Å². The van der Waals surface area contributed by atoms with Gasteiger partial charge in [-0.15, -0.1) is 0 Å². The van der Waals surface area contributed by atoms with Gasteiger partial charge in [0.05, 0.1) is 0 Å². The molecule has 34 heavy (non-hydrogen) atoms. The summed E-state index contributed by atoms with van der Waals surface area (Å²) >= 11 is 0. The molecule has 4 nitrogen and oxygen atoms in total. The van der Waals surface area contributed by atoms with E-state index in [1.54, 1.807) is 0 Å². The summed E-state index contributed by atoms with van der Waals surface area (Å²) in [6.45, 7) is 2.26. The van der Waals surface area contributed by atoms with E-state index in [0.29, 0.717) is 18.0 Å². The fourth-order valence-corrected chi connectivity index (χ4v) is 4.96. The summed E-state index contributed by atoms with van der Waals surface area (Å²) in [4.78, 5) is 21.3. The molecule has 1 saturated carbocycles.